The van der Waals surface area contributed by atoms with Crippen LogP contribution in [0.25, 0.3) is 22.2 Å². The van der Waals surface area contributed by atoms with Crippen LogP contribution in [0.1, 0.15) is 11.3 Å². The van der Waals surface area contributed by atoms with E-state index in [0.717, 1.165) is 33.5 Å². The van der Waals surface area contributed by atoms with Crippen LogP contribution in [0.15, 0.2) is 71.5 Å². The average Bonchev–Trinajstić information content (AvgIpc) is 3.38. The lowest BCUT2D eigenvalue weighted by molar-refractivity contribution is -0.116. The molecule has 0 radical (unpaired) electrons. The molecule has 36 heavy (non-hydrogen) atoms. The van der Waals surface area contributed by atoms with Crippen LogP contribution in [0.4, 0.5) is 10.2 Å². The van der Waals surface area contributed by atoms with Crippen LogP contribution in [0.2, 0.25) is 0 Å². The van der Waals surface area contributed by atoms with Gasteiger partial charge >= 0.3 is 0 Å². The zero-order chi connectivity index (χ0) is 25.2. The first-order valence-corrected chi connectivity index (χ1v) is 11.9. The number of carbonyl (C=O) groups excluding carboxylic acids is 1. The number of anilines is 1. The maximum atomic E-state index is 13.2. The molecule has 3 heterocycles. The van der Waals surface area contributed by atoms with Crippen LogP contribution in [-0.4, -0.2) is 37.6 Å². The maximum Gasteiger partial charge on any atom is 0.247 e. The van der Waals surface area contributed by atoms with Crippen LogP contribution in [0, 0.1) is 12.7 Å². The molecule has 10 heteroatoms. The molecule has 0 unspecified atom stereocenters. The number of nitrogens with zero attached hydrogens (tertiary/aromatic N) is 5. The SMILES string of the molecule is COc1ccc(-c2ccnc3c2c(C)nn3CC(=O)Nc2nn(Cc3ccc(F)cc3)cc2Br)cc1. The summed E-state index contributed by atoms with van der Waals surface area (Å²) in [6.45, 7) is 2.32. The molecule has 182 valence electrons. The molecule has 5 rings (SSSR count). The number of ether oxygens (including phenoxy) is 1. The van der Waals surface area contributed by atoms with Crippen molar-refractivity contribution in [1.82, 2.24) is 24.5 Å². The standard InChI is InChI=1S/C26H22BrFN6O2/c1-16-24-21(18-5-9-20(36-2)10-6-18)11-12-29-26(24)34(31-16)15-23(35)30-25-22(27)14-33(32-25)13-17-3-7-19(28)8-4-17/h3-12,14H,13,15H2,1-2H3,(H,30,32,35). The third-order valence-electron chi connectivity index (χ3n) is 5.74. The molecule has 2 aromatic carbocycles. The molecule has 0 aliphatic rings. The van der Waals surface area contributed by atoms with E-state index in [-0.39, 0.29) is 18.3 Å². The molecule has 0 atom stereocenters. The monoisotopic (exact) mass is 548 g/mol. The van der Waals surface area contributed by atoms with Gasteiger partial charge in [-0.15, -0.1) is 0 Å². The summed E-state index contributed by atoms with van der Waals surface area (Å²) < 4.78 is 22.3. The summed E-state index contributed by atoms with van der Waals surface area (Å²) in [4.78, 5) is 17.4. The van der Waals surface area contributed by atoms with E-state index >= 15 is 0 Å². The Hall–Kier alpha value is -4.05. The first-order chi connectivity index (χ1) is 17.4. The van der Waals surface area contributed by atoms with Gasteiger partial charge < -0.3 is 10.1 Å². The Morgan fingerprint density at radius 1 is 1.08 bits per heavy atom. The van der Waals surface area contributed by atoms with Crippen LogP contribution >= 0.6 is 15.9 Å². The molecule has 0 saturated carbocycles. The average molecular weight is 549 g/mol. The van der Waals surface area contributed by atoms with Crippen molar-refractivity contribution >= 4 is 38.7 Å². The zero-order valence-electron chi connectivity index (χ0n) is 19.6. The lowest BCUT2D eigenvalue weighted by Gasteiger charge is -2.07. The zero-order valence-corrected chi connectivity index (χ0v) is 21.2. The minimum Gasteiger partial charge on any atom is -0.497 e. The predicted molar refractivity (Wildman–Crippen MR) is 138 cm³/mol. The smallest absolute Gasteiger partial charge is 0.247 e. The molecule has 3 aromatic heterocycles. The van der Waals surface area contributed by atoms with Crippen molar-refractivity contribution in [2.75, 3.05) is 12.4 Å². The van der Waals surface area contributed by atoms with Gasteiger partial charge in [0.2, 0.25) is 5.91 Å². The second-order valence-corrected chi connectivity index (χ2v) is 9.08. The van der Waals surface area contributed by atoms with Gasteiger partial charge in [0.05, 0.1) is 23.8 Å². The minimum atomic E-state index is -0.291. The Labute approximate surface area is 214 Å². The van der Waals surface area contributed by atoms with E-state index in [2.05, 4.69) is 36.4 Å². The van der Waals surface area contributed by atoms with Gasteiger partial charge in [0, 0.05) is 17.8 Å². The van der Waals surface area contributed by atoms with E-state index in [4.69, 9.17) is 4.74 Å². The van der Waals surface area contributed by atoms with Gasteiger partial charge in [-0.25, -0.2) is 14.1 Å². The van der Waals surface area contributed by atoms with E-state index in [9.17, 15) is 9.18 Å². The fraction of sp³-hybridized carbons (Fsp3) is 0.154. The summed E-state index contributed by atoms with van der Waals surface area (Å²) in [5.74, 6) is 0.589. The number of benzene rings is 2. The highest BCUT2D eigenvalue weighted by Crippen LogP contribution is 2.31. The normalized spacial score (nSPS) is 11.1. The number of rotatable bonds is 7. The summed E-state index contributed by atoms with van der Waals surface area (Å²) in [5.41, 5.74) is 4.28. The van der Waals surface area contributed by atoms with Crippen LogP contribution in [0.3, 0.4) is 0 Å². The van der Waals surface area contributed by atoms with Gasteiger partial charge in [0.1, 0.15) is 18.1 Å². The molecule has 1 N–H and O–H groups in total. The van der Waals surface area contributed by atoms with Gasteiger partial charge in [0.25, 0.3) is 0 Å². The summed E-state index contributed by atoms with van der Waals surface area (Å²) >= 11 is 3.44. The molecule has 0 aliphatic carbocycles. The Balaban J connectivity index is 1.35. The summed E-state index contributed by atoms with van der Waals surface area (Å²) in [7, 11) is 1.63. The van der Waals surface area contributed by atoms with Crippen LogP contribution < -0.4 is 10.1 Å². The molecular formula is C26H22BrFN6O2. The molecule has 0 bridgehead atoms. The van der Waals surface area contributed by atoms with Crippen molar-refractivity contribution in [2.45, 2.75) is 20.0 Å². The van der Waals surface area contributed by atoms with Crippen molar-refractivity contribution in [3.63, 3.8) is 0 Å². The van der Waals surface area contributed by atoms with Crippen molar-refractivity contribution < 1.29 is 13.9 Å². The number of fused-ring (bicyclic) bond motifs is 1. The van der Waals surface area contributed by atoms with Gasteiger partial charge in [-0.2, -0.15) is 10.2 Å². The Morgan fingerprint density at radius 3 is 2.56 bits per heavy atom. The maximum absolute atomic E-state index is 13.2. The molecule has 0 saturated heterocycles. The third-order valence-corrected chi connectivity index (χ3v) is 6.32. The highest BCUT2D eigenvalue weighted by atomic mass is 79.9. The number of pyridine rings is 1. The number of nitrogens with one attached hydrogen (secondary N) is 1. The number of aryl methyl sites for hydroxylation is 1. The molecular weight excluding hydrogens is 527 g/mol. The number of carbonyl (C=O) groups is 1. The second kappa shape index (κ2) is 9.90. The van der Waals surface area contributed by atoms with Crippen molar-refractivity contribution in [3.05, 3.63) is 88.5 Å². The first-order valence-electron chi connectivity index (χ1n) is 11.1. The lowest BCUT2D eigenvalue weighted by Crippen LogP contribution is -2.20. The molecule has 1 amide bonds. The summed E-state index contributed by atoms with van der Waals surface area (Å²) in [6.07, 6.45) is 3.47. The molecule has 8 nitrogen and oxygen atoms in total. The van der Waals surface area contributed by atoms with Gasteiger partial charge in [-0.05, 0) is 69.9 Å². The fourth-order valence-electron chi connectivity index (χ4n) is 4.05. The molecule has 0 fully saturated rings. The second-order valence-electron chi connectivity index (χ2n) is 8.23. The van der Waals surface area contributed by atoms with Crippen molar-refractivity contribution in [1.29, 1.82) is 0 Å². The van der Waals surface area contributed by atoms with Gasteiger partial charge in [-0.1, -0.05) is 24.3 Å². The van der Waals surface area contributed by atoms with Crippen LogP contribution in [0.5, 0.6) is 5.75 Å². The Kier molecular flexibility index (Phi) is 6.51. The summed E-state index contributed by atoms with van der Waals surface area (Å²) in [6, 6.07) is 15.9. The lowest BCUT2D eigenvalue weighted by atomic mass is 10.0. The highest BCUT2D eigenvalue weighted by Gasteiger charge is 2.17. The van der Waals surface area contributed by atoms with Crippen molar-refractivity contribution in [2.24, 2.45) is 0 Å². The highest BCUT2D eigenvalue weighted by molar-refractivity contribution is 9.10. The van der Waals surface area contributed by atoms with E-state index < -0.39 is 0 Å². The molecule has 5 aromatic rings. The minimum absolute atomic E-state index is 0.0271. The number of aromatic nitrogens is 5. The molecule has 0 aliphatic heterocycles. The fourth-order valence-corrected chi connectivity index (χ4v) is 4.46. The number of methoxy groups -OCH3 is 1. The quantitative estimate of drug-likeness (QED) is 0.302. The topological polar surface area (TPSA) is 86.9 Å². The third kappa shape index (κ3) is 4.85. The Morgan fingerprint density at radius 2 is 1.83 bits per heavy atom. The Bertz CT molecular complexity index is 1540. The summed E-state index contributed by atoms with van der Waals surface area (Å²) in [5, 5.41) is 12.7. The predicted octanol–water partition coefficient (Wildman–Crippen LogP) is 5.20. The number of halogens is 2. The van der Waals surface area contributed by atoms with E-state index in [1.54, 1.807) is 41.0 Å². The van der Waals surface area contributed by atoms with Gasteiger partial charge in [0.15, 0.2) is 11.5 Å². The van der Waals surface area contributed by atoms with Gasteiger partial charge in [-0.3, -0.25) is 9.48 Å². The number of amides is 1. The number of hydrogen-bond acceptors (Lipinski definition) is 5. The van der Waals surface area contributed by atoms with E-state index in [0.29, 0.717) is 22.5 Å². The van der Waals surface area contributed by atoms with E-state index in [1.807, 2.05) is 37.3 Å². The first kappa shape index (κ1) is 23.7. The largest absolute Gasteiger partial charge is 0.497 e. The van der Waals surface area contributed by atoms with E-state index in [1.165, 1.54) is 12.1 Å². The molecule has 0 spiro atoms. The number of hydrogen-bond donors (Lipinski definition) is 1. The van der Waals surface area contributed by atoms with Crippen molar-refractivity contribution in [3.8, 4) is 16.9 Å². The van der Waals surface area contributed by atoms with Crippen LogP contribution in [-0.2, 0) is 17.9 Å².